The number of ether oxygens (including phenoxy) is 1. The van der Waals surface area contributed by atoms with E-state index in [9.17, 15) is 9.90 Å². The van der Waals surface area contributed by atoms with Crippen molar-refractivity contribution in [1.82, 2.24) is 4.90 Å². The van der Waals surface area contributed by atoms with Crippen LogP contribution in [-0.2, 0) is 9.53 Å². The second-order valence-corrected chi connectivity index (χ2v) is 5.14. The first-order valence-corrected chi connectivity index (χ1v) is 6.12. The molecule has 0 amide bonds. The Balaban J connectivity index is 2.13. The number of carboxylic acids is 1. The minimum atomic E-state index is -0.694. The van der Waals surface area contributed by atoms with Crippen molar-refractivity contribution in [1.29, 1.82) is 0 Å². The molecule has 1 saturated heterocycles. The van der Waals surface area contributed by atoms with Crippen molar-refractivity contribution >= 4 is 5.97 Å². The Labute approximate surface area is 96.6 Å². The van der Waals surface area contributed by atoms with E-state index in [1.54, 1.807) is 0 Å². The molecular weight excluding hydrogens is 206 g/mol. The van der Waals surface area contributed by atoms with Gasteiger partial charge >= 0.3 is 5.97 Å². The Morgan fingerprint density at radius 1 is 1.44 bits per heavy atom. The first kappa shape index (κ1) is 11.9. The molecule has 0 aromatic rings. The summed E-state index contributed by atoms with van der Waals surface area (Å²) in [6.45, 7) is 3.28. The molecule has 92 valence electrons. The van der Waals surface area contributed by atoms with Gasteiger partial charge in [0.05, 0.1) is 0 Å². The van der Waals surface area contributed by atoms with Gasteiger partial charge < -0.3 is 9.84 Å². The van der Waals surface area contributed by atoms with E-state index in [0.717, 1.165) is 0 Å². The maximum atomic E-state index is 11.6. The highest BCUT2D eigenvalue weighted by Crippen LogP contribution is 2.39. The topological polar surface area (TPSA) is 49.8 Å². The molecule has 1 N–H and O–H groups in total. The fourth-order valence-electron chi connectivity index (χ4n) is 2.71. The summed E-state index contributed by atoms with van der Waals surface area (Å²) in [4.78, 5) is 13.6. The largest absolute Gasteiger partial charge is 0.480 e. The summed E-state index contributed by atoms with van der Waals surface area (Å²) < 4.78 is 5.29. The zero-order valence-corrected chi connectivity index (χ0v) is 10.1. The van der Waals surface area contributed by atoms with Crippen LogP contribution in [0, 0.1) is 5.92 Å². The average molecular weight is 227 g/mol. The summed E-state index contributed by atoms with van der Waals surface area (Å²) >= 11 is 0. The summed E-state index contributed by atoms with van der Waals surface area (Å²) in [6.07, 6.45) is 3.71. The van der Waals surface area contributed by atoms with Gasteiger partial charge in [0.25, 0.3) is 0 Å². The van der Waals surface area contributed by atoms with Gasteiger partial charge in [0.2, 0.25) is 0 Å². The minimum Gasteiger partial charge on any atom is -0.480 e. The average Bonchev–Trinajstić information content (AvgIpc) is 3.11. The number of likely N-dealkylation sites (N-methyl/N-ethyl adjacent to an activating group) is 1. The summed E-state index contributed by atoms with van der Waals surface area (Å²) in [7, 11) is 1.96. The number of carboxylic acid groups (broad SMARTS) is 1. The highest BCUT2D eigenvalue weighted by Gasteiger charge is 2.47. The second kappa shape index (κ2) is 4.34. The van der Waals surface area contributed by atoms with Crippen molar-refractivity contribution in [3.8, 4) is 0 Å². The number of hydrogen-bond acceptors (Lipinski definition) is 3. The zero-order chi connectivity index (χ0) is 11.8. The predicted molar refractivity (Wildman–Crippen MR) is 60.4 cm³/mol. The van der Waals surface area contributed by atoms with E-state index < -0.39 is 11.5 Å². The van der Waals surface area contributed by atoms with Gasteiger partial charge in [-0.25, -0.2) is 0 Å². The minimum absolute atomic E-state index is 0.370. The molecule has 0 radical (unpaired) electrons. The van der Waals surface area contributed by atoms with E-state index >= 15 is 0 Å². The van der Waals surface area contributed by atoms with Crippen molar-refractivity contribution in [2.45, 2.75) is 44.2 Å². The third-order valence-electron chi connectivity index (χ3n) is 4.31. The molecule has 0 spiro atoms. The SMILES string of the molecule is CC(C1CC1)N(C)C1(C(=O)O)CCOCC1. The molecule has 1 aliphatic carbocycles. The zero-order valence-electron chi connectivity index (χ0n) is 10.1. The molecule has 2 aliphatic rings. The van der Waals surface area contributed by atoms with Gasteiger partial charge in [0, 0.05) is 19.3 Å². The van der Waals surface area contributed by atoms with E-state index in [1.807, 2.05) is 7.05 Å². The maximum absolute atomic E-state index is 11.6. The Morgan fingerprint density at radius 3 is 2.44 bits per heavy atom. The van der Waals surface area contributed by atoms with Crippen molar-refractivity contribution < 1.29 is 14.6 Å². The molecule has 4 heteroatoms. The van der Waals surface area contributed by atoms with E-state index in [2.05, 4.69) is 11.8 Å². The molecule has 0 aromatic carbocycles. The van der Waals surface area contributed by atoms with Crippen LogP contribution in [0.15, 0.2) is 0 Å². The number of hydrogen-bond donors (Lipinski definition) is 1. The van der Waals surface area contributed by atoms with Crippen LogP contribution in [0.2, 0.25) is 0 Å². The summed E-state index contributed by atoms with van der Waals surface area (Å²) in [6, 6.07) is 0.370. The molecule has 1 unspecified atom stereocenters. The molecular formula is C12H21NO3. The van der Waals surface area contributed by atoms with Crippen LogP contribution in [0.1, 0.15) is 32.6 Å². The predicted octanol–water partition coefficient (Wildman–Crippen LogP) is 1.35. The van der Waals surface area contributed by atoms with Crippen LogP contribution in [0.4, 0.5) is 0 Å². The number of nitrogens with zero attached hydrogens (tertiary/aromatic N) is 1. The normalized spacial score (nSPS) is 26.7. The fraction of sp³-hybridized carbons (Fsp3) is 0.917. The quantitative estimate of drug-likeness (QED) is 0.787. The molecule has 1 aliphatic heterocycles. The third-order valence-corrected chi connectivity index (χ3v) is 4.31. The molecule has 2 rings (SSSR count). The van der Waals surface area contributed by atoms with Crippen LogP contribution >= 0.6 is 0 Å². The Hall–Kier alpha value is -0.610. The fourth-order valence-corrected chi connectivity index (χ4v) is 2.71. The van der Waals surface area contributed by atoms with Gasteiger partial charge in [0.15, 0.2) is 0 Å². The van der Waals surface area contributed by atoms with E-state index in [0.29, 0.717) is 38.0 Å². The van der Waals surface area contributed by atoms with Crippen LogP contribution in [-0.4, -0.2) is 47.8 Å². The first-order chi connectivity index (χ1) is 7.58. The van der Waals surface area contributed by atoms with Crippen molar-refractivity contribution in [3.05, 3.63) is 0 Å². The summed E-state index contributed by atoms with van der Waals surface area (Å²) in [5, 5.41) is 9.51. The van der Waals surface area contributed by atoms with Crippen LogP contribution in [0.5, 0.6) is 0 Å². The molecule has 2 fully saturated rings. The highest BCUT2D eigenvalue weighted by atomic mass is 16.5. The molecule has 1 atom stereocenters. The number of carbonyl (C=O) groups is 1. The van der Waals surface area contributed by atoms with Crippen molar-refractivity contribution in [2.24, 2.45) is 5.92 Å². The summed E-state index contributed by atoms with van der Waals surface area (Å²) in [5.74, 6) is 0.00914. The maximum Gasteiger partial charge on any atom is 0.324 e. The Morgan fingerprint density at radius 2 is 2.00 bits per heavy atom. The Kier molecular flexibility index (Phi) is 3.22. The monoisotopic (exact) mass is 227 g/mol. The molecule has 1 saturated carbocycles. The van der Waals surface area contributed by atoms with Gasteiger partial charge in [0.1, 0.15) is 5.54 Å². The van der Waals surface area contributed by atoms with Crippen LogP contribution in [0.25, 0.3) is 0 Å². The van der Waals surface area contributed by atoms with Crippen LogP contribution < -0.4 is 0 Å². The third kappa shape index (κ3) is 1.96. The number of rotatable bonds is 4. The van der Waals surface area contributed by atoms with E-state index in [4.69, 9.17) is 4.74 Å². The Bertz CT molecular complexity index is 269. The molecule has 0 aromatic heterocycles. The highest BCUT2D eigenvalue weighted by molar-refractivity contribution is 5.79. The lowest BCUT2D eigenvalue weighted by Crippen LogP contribution is -2.59. The van der Waals surface area contributed by atoms with Gasteiger partial charge in [-0.2, -0.15) is 0 Å². The van der Waals surface area contributed by atoms with Crippen molar-refractivity contribution in [2.75, 3.05) is 20.3 Å². The van der Waals surface area contributed by atoms with Crippen LogP contribution in [0.3, 0.4) is 0 Å². The smallest absolute Gasteiger partial charge is 0.324 e. The van der Waals surface area contributed by atoms with Gasteiger partial charge in [-0.3, -0.25) is 9.69 Å². The van der Waals surface area contributed by atoms with E-state index in [1.165, 1.54) is 12.8 Å². The molecule has 1 heterocycles. The lowest BCUT2D eigenvalue weighted by atomic mass is 9.86. The van der Waals surface area contributed by atoms with Crippen molar-refractivity contribution in [3.63, 3.8) is 0 Å². The second-order valence-electron chi connectivity index (χ2n) is 5.14. The standard InChI is InChI=1S/C12H21NO3/c1-9(10-3-4-10)13(2)12(11(14)15)5-7-16-8-6-12/h9-10H,3-8H2,1-2H3,(H,14,15). The van der Waals surface area contributed by atoms with Gasteiger partial charge in [-0.05, 0) is 45.6 Å². The van der Waals surface area contributed by atoms with Gasteiger partial charge in [-0.15, -0.1) is 0 Å². The van der Waals surface area contributed by atoms with E-state index in [-0.39, 0.29) is 0 Å². The first-order valence-electron chi connectivity index (χ1n) is 6.12. The molecule has 0 bridgehead atoms. The molecule has 4 nitrogen and oxygen atoms in total. The number of aliphatic carboxylic acids is 1. The lowest BCUT2D eigenvalue weighted by Gasteiger charge is -2.44. The lowest BCUT2D eigenvalue weighted by molar-refractivity contribution is -0.159. The summed E-state index contributed by atoms with van der Waals surface area (Å²) in [5.41, 5.74) is -0.694. The van der Waals surface area contributed by atoms with Gasteiger partial charge in [-0.1, -0.05) is 0 Å². The molecule has 16 heavy (non-hydrogen) atoms.